The van der Waals surface area contributed by atoms with E-state index in [1.54, 1.807) is 24.3 Å². The first kappa shape index (κ1) is 20.1. The van der Waals surface area contributed by atoms with Crippen molar-refractivity contribution in [1.82, 2.24) is 0 Å². The van der Waals surface area contributed by atoms with Crippen LogP contribution in [0.3, 0.4) is 0 Å². The summed E-state index contributed by atoms with van der Waals surface area (Å²) >= 11 is 12.4. The molecular weight excluding hydrogens is 375 g/mol. The van der Waals surface area contributed by atoms with E-state index < -0.39 is 0 Å². The number of rotatable bonds is 7. The van der Waals surface area contributed by atoms with Crippen molar-refractivity contribution in [2.45, 2.75) is 26.7 Å². The van der Waals surface area contributed by atoms with Gasteiger partial charge in [0, 0.05) is 23.9 Å². The fraction of sp³-hybridized carbons (Fsp3) is 0.263. The zero-order chi connectivity index (χ0) is 19.1. The van der Waals surface area contributed by atoms with Crippen LogP contribution in [0, 0.1) is 0 Å². The molecule has 0 saturated heterocycles. The van der Waals surface area contributed by atoms with Crippen molar-refractivity contribution in [1.29, 1.82) is 0 Å². The summed E-state index contributed by atoms with van der Waals surface area (Å²) in [4.78, 5) is 23.4. The van der Waals surface area contributed by atoms with E-state index >= 15 is 0 Å². The minimum atomic E-state index is -0.346. The van der Waals surface area contributed by atoms with Crippen molar-refractivity contribution in [3.05, 3.63) is 52.0 Å². The van der Waals surface area contributed by atoms with Gasteiger partial charge in [0.15, 0.2) is 5.75 Å². The number of benzene rings is 2. The molecule has 0 aliphatic heterocycles. The lowest BCUT2D eigenvalue weighted by Gasteiger charge is -2.12. The lowest BCUT2D eigenvalue weighted by atomic mass is 10.2. The van der Waals surface area contributed by atoms with Crippen LogP contribution < -0.4 is 15.4 Å². The maximum absolute atomic E-state index is 12.4. The third-order valence-electron chi connectivity index (χ3n) is 3.47. The van der Waals surface area contributed by atoms with Crippen LogP contribution in [0.1, 0.15) is 37.0 Å². The summed E-state index contributed by atoms with van der Waals surface area (Å²) < 4.78 is 5.58. The van der Waals surface area contributed by atoms with Crippen LogP contribution in [-0.4, -0.2) is 18.4 Å². The van der Waals surface area contributed by atoms with Crippen LogP contribution in [0.2, 0.25) is 10.0 Å². The first-order chi connectivity index (χ1) is 12.4. The number of unbranched alkanes of at least 4 members (excludes halogenated alkanes) is 1. The highest BCUT2D eigenvalue weighted by Gasteiger charge is 2.14. The summed E-state index contributed by atoms with van der Waals surface area (Å²) in [5.41, 5.74) is 1.56. The minimum absolute atomic E-state index is 0.160. The quantitative estimate of drug-likeness (QED) is 0.619. The molecule has 2 rings (SSSR count). The highest BCUT2D eigenvalue weighted by atomic mass is 35.5. The monoisotopic (exact) mass is 394 g/mol. The molecule has 0 aliphatic carbocycles. The Kier molecular flexibility index (Phi) is 7.30. The highest BCUT2D eigenvalue weighted by Crippen LogP contribution is 2.34. The summed E-state index contributed by atoms with van der Waals surface area (Å²) in [7, 11) is 0. The summed E-state index contributed by atoms with van der Waals surface area (Å²) in [6, 6.07) is 9.82. The number of anilines is 2. The van der Waals surface area contributed by atoms with E-state index in [0.29, 0.717) is 39.3 Å². The fourth-order valence-electron chi connectivity index (χ4n) is 2.19. The van der Waals surface area contributed by atoms with Gasteiger partial charge in [-0.3, -0.25) is 9.59 Å². The topological polar surface area (TPSA) is 67.4 Å². The number of nitrogens with one attached hydrogen (secondary N) is 2. The van der Waals surface area contributed by atoms with E-state index in [2.05, 4.69) is 17.6 Å². The zero-order valence-electron chi connectivity index (χ0n) is 14.6. The molecule has 0 atom stereocenters. The van der Waals surface area contributed by atoms with Crippen molar-refractivity contribution in [3.8, 4) is 5.75 Å². The Morgan fingerprint density at radius 3 is 2.04 bits per heavy atom. The Bertz CT molecular complexity index is 769. The summed E-state index contributed by atoms with van der Waals surface area (Å²) in [5, 5.41) is 6.00. The predicted molar refractivity (Wildman–Crippen MR) is 106 cm³/mol. The van der Waals surface area contributed by atoms with E-state index in [-0.39, 0.29) is 11.8 Å². The Hall–Kier alpha value is -2.24. The second-order valence-corrected chi connectivity index (χ2v) is 6.50. The molecule has 0 aliphatic rings. The lowest BCUT2D eigenvalue weighted by Crippen LogP contribution is -2.12. The van der Waals surface area contributed by atoms with Gasteiger partial charge in [0.05, 0.1) is 16.7 Å². The lowest BCUT2D eigenvalue weighted by molar-refractivity contribution is -0.114. The maximum Gasteiger partial charge on any atom is 0.255 e. The molecule has 0 unspecified atom stereocenters. The molecule has 2 amide bonds. The number of hydrogen-bond acceptors (Lipinski definition) is 3. The normalized spacial score (nSPS) is 10.3. The van der Waals surface area contributed by atoms with Crippen LogP contribution >= 0.6 is 23.2 Å². The van der Waals surface area contributed by atoms with E-state index in [1.165, 1.54) is 19.1 Å². The molecule has 26 heavy (non-hydrogen) atoms. The molecule has 0 saturated carbocycles. The SMILES string of the molecule is CCCCOc1c(Cl)cc(C(=O)Nc2ccc(NC(C)=O)cc2)cc1Cl. The molecule has 0 radical (unpaired) electrons. The first-order valence-corrected chi connectivity index (χ1v) is 8.97. The number of carbonyl (C=O) groups excluding carboxylic acids is 2. The van der Waals surface area contributed by atoms with Gasteiger partial charge in [-0.25, -0.2) is 0 Å². The van der Waals surface area contributed by atoms with E-state index in [9.17, 15) is 9.59 Å². The average molecular weight is 395 g/mol. The Morgan fingerprint density at radius 2 is 1.54 bits per heavy atom. The first-order valence-electron chi connectivity index (χ1n) is 8.21. The number of carbonyl (C=O) groups is 2. The predicted octanol–water partition coefficient (Wildman–Crippen LogP) is 5.38. The molecule has 2 aromatic rings. The maximum atomic E-state index is 12.4. The molecule has 2 N–H and O–H groups in total. The molecule has 2 aromatic carbocycles. The van der Waals surface area contributed by atoms with Crippen molar-refractivity contribution in [2.24, 2.45) is 0 Å². The second-order valence-electron chi connectivity index (χ2n) is 5.68. The molecule has 0 bridgehead atoms. The minimum Gasteiger partial charge on any atom is -0.490 e. The van der Waals surface area contributed by atoms with Gasteiger partial charge in [-0.1, -0.05) is 36.5 Å². The van der Waals surface area contributed by atoms with Gasteiger partial charge >= 0.3 is 0 Å². The van der Waals surface area contributed by atoms with E-state index in [1.807, 2.05) is 0 Å². The highest BCUT2D eigenvalue weighted by molar-refractivity contribution is 6.37. The standard InChI is InChI=1S/C19H20Cl2N2O3/c1-3-4-9-26-18-16(20)10-13(11-17(18)21)19(25)23-15-7-5-14(6-8-15)22-12(2)24/h5-8,10-11H,3-4,9H2,1-2H3,(H,22,24)(H,23,25). The number of hydrogen-bond donors (Lipinski definition) is 2. The van der Waals surface area contributed by atoms with Gasteiger partial charge in [0.25, 0.3) is 5.91 Å². The second kappa shape index (κ2) is 9.46. The van der Waals surface area contributed by atoms with Gasteiger partial charge < -0.3 is 15.4 Å². The number of ether oxygens (including phenoxy) is 1. The van der Waals surface area contributed by atoms with Crippen LogP contribution in [-0.2, 0) is 4.79 Å². The van der Waals surface area contributed by atoms with Crippen molar-refractivity contribution < 1.29 is 14.3 Å². The Balaban J connectivity index is 2.08. The molecule has 138 valence electrons. The van der Waals surface area contributed by atoms with Crippen molar-refractivity contribution >= 4 is 46.4 Å². The van der Waals surface area contributed by atoms with Gasteiger partial charge in [-0.05, 0) is 42.8 Å². The average Bonchev–Trinajstić information content (AvgIpc) is 2.58. The molecule has 0 fully saturated rings. The number of halogens is 2. The molecule has 7 heteroatoms. The molecule has 0 heterocycles. The van der Waals surface area contributed by atoms with Crippen LogP contribution in [0.15, 0.2) is 36.4 Å². The van der Waals surface area contributed by atoms with Crippen LogP contribution in [0.4, 0.5) is 11.4 Å². The largest absolute Gasteiger partial charge is 0.490 e. The van der Waals surface area contributed by atoms with Crippen LogP contribution in [0.5, 0.6) is 5.75 Å². The third kappa shape index (κ3) is 5.64. The van der Waals surface area contributed by atoms with Gasteiger partial charge in [0.1, 0.15) is 0 Å². The molecule has 0 spiro atoms. The van der Waals surface area contributed by atoms with Gasteiger partial charge in [0.2, 0.25) is 5.91 Å². The Morgan fingerprint density at radius 1 is 1.00 bits per heavy atom. The van der Waals surface area contributed by atoms with E-state index in [0.717, 1.165) is 12.8 Å². The van der Waals surface area contributed by atoms with E-state index in [4.69, 9.17) is 27.9 Å². The molecule has 0 aromatic heterocycles. The number of amides is 2. The molecule has 5 nitrogen and oxygen atoms in total. The summed E-state index contributed by atoms with van der Waals surface area (Å²) in [6.45, 7) is 4.00. The molecular formula is C19H20Cl2N2O3. The smallest absolute Gasteiger partial charge is 0.255 e. The summed E-state index contributed by atoms with van der Waals surface area (Å²) in [6.07, 6.45) is 1.89. The van der Waals surface area contributed by atoms with Crippen molar-refractivity contribution in [2.75, 3.05) is 17.2 Å². The Labute approximate surface area is 162 Å². The van der Waals surface area contributed by atoms with Crippen LogP contribution in [0.25, 0.3) is 0 Å². The third-order valence-corrected chi connectivity index (χ3v) is 4.03. The zero-order valence-corrected chi connectivity index (χ0v) is 16.1. The van der Waals surface area contributed by atoms with Gasteiger partial charge in [-0.15, -0.1) is 0 Å². The summed E-state index contributed by atoms with van der Waals surface area (Å²) in [5.74, 6) is -0.119. The fourth-order valence-corrected chi connectivity index (χ4v) is 2.79. The van der Waals surface area contributed by atoms with Gasteiger partial charge in [-0.2, -0.15) is 0 Å². The van der Waals surface area contributed by atoms with Crippen molar-refractivity contribution in [3.63, 3.8) is 0 Å².